The zero-order valence-corrected chi connectivity index (χ0v) is 6.10. The minimum atomic E-state index is -0.424. The zero-order chi connectivity index (χ0) is 8.27. The van der Waals surface area contributed by atoms with Gasteiger partial charge in [0.1, 0.15) is 5.75 Å². The molecule has 3 N–H and O–H groups in total. The Hall–Kier alpha value is -1.29. The van der Waals surface area contributed by atoms with Gasteiger partial charge in [0.2, 0.25) is 0 Å². The molecule has 0 fully saturated rings. The van der Waals surface area contributed by atoms with Crippen LogP contribution in [0.15, 0.2) is 18.2 Å². The maximum absolute atomic E-state index is 12.8. The van der Waals surface area contributed by atoms with Crippen LogP contribution in [-0.2, 0) is 0 Å². The SMILES string of the molecule is COc1ccc(NN)c(F)c1. The number of halogens is 1. The molecule has 0 saturated carbocycles. The van der Waals surface area contributed by atoms with Crippen LogP contribution in [0.5, 0.6) is 5.75 Å². The molecule has 0 saturated heterocycles. The summed E-state index contributed by atoms with van der Waals surface area (Å²) >= 11 is 0. The predicted molar refractivity (Wildman–Crippen MR) is 40.8 cm³/mol. The highest BCUT2D eigenvalue weighted by molar-refractivity contribution is 5.46. The van der Waals surface area contributed by atoms with Crippen molar-refractivity contribution in [2.45, 2.75) is 0 Å². The molecule has 0 unspecified atom stereocenters. The van der Waals surface area contributed by atoms with Gasteiger partial charge in [-0.2, -0.15) is 0 Å². The molecule has 0 heterocycles. The van der Waals surface area contributed by atoms with Crippen LogP contribution >= 0.6 is 0 Å². The van der Waals surface area contributed by atoms with E-state index in [1.54, 1.807) is 6.07 Å². The second-order valence-corrected chi connectivity index (χ2v) is 1.99. The molecule has 0 amide bonds. The summed E-state index contributed by atoms with van der Waals surface area (Å²) in [6.45, 7) is 0. The Morgan fingerprint density at radius 1 is 1.55 bits per heavy atom. The van der Waals surface area contributed by atoms with E-state index in [0.717, 1.165) is 0 Å². The molecule has 0 spiro atoms. The lowest BCUT2D eigenvalue weighted by atomic mass is 10.3. The molecule has 0 aliphatic carbocycles. The minimum absolute atomic E-state index is 0.255. The molecular formula is C7H9FN2O. The van der Waals surface area contributed by atoms with Gasteiger partial charge in [0.15, 0.2) is 5.82 Å². The van der Waals surface area contributed by atoms with Crippen LogP contribution < -0.4 is 16.0 Å². The lowest BCUT2D eigenvalue weighted by molar-refractivity contribution is 0.411. The van der Waals surface area contributed by atoms with Gasteiger partial charge in [0.25, 0.3) is 0 Å². The number of nitrogen functional groups attached to an aromatic ring is 1. The van der Waals surface area contributed by atoms with Crippen molar-refractivity contribution < 1.29 is 9.13 Å². The van der Waals surface area contributed by atoms with Crippen molar-refractivity contribution in [2.75, 3.05) is 12.5 Å². The smallest absolute Gasteiger partial charge is 0.151 e. The van der Waals surface area contributed by atoms with Gasteiger partial charge in [-0.1, -0.05) is 0 Å². The van der Waals surface area contributed by atoms with Crippen LogP contribution in [0.25, 0.3) is 0 Å². The molecule has 0 aliphatic rings. The van der Waals surface area contributed by atoms with Gasteiger partial charge in [-0.3, -0.25) is 5.84 Å². The number of anilines is 1. The average Bonchev–Trinajstić information content (AvgIpc) is 2.04. The van der Waals surface area contributed by atoms with Crippen molar-refractivity contribution in [2.24, 2.45) is 5.84 Å². The van der Waals surface area contributed by atoms with Crippen LogP contribution in [0, 0.1) is 5.82 Å². The Bertz CT molecular complexity index is 252. The van der Waals surface area contributed by atoms with Crippen LogP contribution in [0.2, 0.25) is 0 Å². The number of hydrogen-bond acceptors (Lipinski definition) is 3. The molecule has 0 bridgehead atoms. The van der Waals surface area contributed by atoms with E-state index in [1.165, 1.54) is 19.2 Å². The maximum atomic E-state index is 12.8. The lowest BCUT2D eigenvalue weighted by Crippen LogP contribution is -2.08. The number of rotatable bonds is 2. The molecule has 0 radical (unpaired) electrons. The Morgan fingerprint density at radius 2 is 2.27 bits per heavy atom. The topological polar surface area (TPSA) is 47.3 Å². The molecule has 1 rings (SSSR count). The van der Waals surface area contributed by atoms with E-state index in [9.17, 15) is 4.39 Å². The van der Waals surface area contributed by atoms with Crippen molar-refractivity contribution in [1.82, 2.24) is 0 Å². The fourth-order valence-electron chi connectivity index (χ4n) is 0.740. The van der Waals surface area contributed by atoms with Crippen LogP contribution in [0.3, 0.4) is 0 Å². The standard InChI is InChI=1S/C7H9FN2O/c1-11-5-2-3-7(10-9)6(8)4-5/h2-4,10H,9H2,1H3. The first-order valence-electron chi connectivity index (χ1n) is 3.08. The van der Waals surface area contributed by atoms with Crippen molar-refractivity contribution in [3.63, 3.8) is 0 Å². The second-order valence-electron chi connectivity index (χ2n) is 1.99. The van der Waals surface area contributed by atoms with Crippen LogP contribution in [-0.4, -0.2) is 7.11 Å². The van der Waals surface area contributed by atoms with Gasteiger partial charge in [0, 0.05) is 6.07 Å². The summed E-state index contributed by atoms with van der Waals surface area (Å²) in [5.41, 5.74) is 2.47. The Balaban J connectivity index is 2.99. The first-order chi connectivity index (χ1) is 5.27. The number of methoxy groups -OCH3 is 1. The molecule has 11 heavy (non-hydrogen) atoms. The Kier molecular flexibility index (Phi) is 2.28. The van der Waals surface area contributed by atoms with E-state index in [0.29, 0.717) is 5.75 Å². The van der Waals surface area contributed by atoms with E-state index in [2.05, 4.69) is 5.43 Å². The number of benzene rings is 1. The van der Waals surface area contributed by atoms with E-state index in [-0.39, 0.29) is 5.69 Å². The maximum Gasteiger partial charge on any atom is 0.151 e. The number of ether oxygens (including phenoxy) is 1. The summed E-state index contributed by atoms with van der Waals surface area (Å²) in [4.78, 5) is 0. The minimum Gasteiger partial charge on any atom is -0.497 e. The van der Waals surface area contributed by atoms with Gasteiger partial charge < -0.3 is 10.2 Å². The molecule has 0 aliphatic heterocycles. The van der Waals surface area contributed by atoms with Gasteiger partial charge in [-0.25, -0.2) is 4.39 Å². The Morgan fingerprint density at radius 3 is 2.73 bits per heavy atom. The highest BCUT2D eigenvalue weighted by Crippen LogP contribution is 2.18. The molecule has 4 heteroatoms. The number of nitrogens with one attached hydrogen (secondary N) is 1. The van der Waals surface area contributed by atoms with Crippen molar-refractivity contribution in [1.29, 1.82) is 0 Å². The number of hydrazine groups is 1. The fraction of sp³-hybridized carbons (Fsp3) is 0.143. The summed E-state index contributed by atoms with van der Waals surface area (Å²) in [6, 6.07) is 4.39. The van der Waals surface area contributed by atoms with Gasteiger partial charge in [0.05, 0.1) is 12.8 Å². The van der Waals surface area contributed by atoms with Crippen molar-refractivity contribution in [3.05, 3.63) is 24.0 Å². The molecular weight excluding hydrogens is 147 g/mol. The summed E-state index contributed by atoms with van der Waals surface area (Å²) in [6.07, 6.45) is 0. The van der Waals surface area contributed by atoms with E-state index in [4.69, 9.17) is 10.6 Å². The van der Waals surface area contributed by atoms with Gasteiger partial charge in [-0.05, 0) is 12.1 Å². The third-order valence-corrected chi connectivity index (χ3v) is 1.33. The quantitative estimate of drug-likeness (QED) is 0.498. The molecule has 1 aromatic carbocycles. The van der Waals surface area contributed by atoms with Crippen molar-refractivity contribution >= 4 is 5.69 Å². The summed E-state index contributed by atoms with van der Waals surface area (Å²) in [5, 5.41) is 0. The second kappa shape index (κ2) is 3.21. The summed E-state index contributed by atoms with van der Waals surface area (Å²) < 4.78 is 17.6. The Labute approximate surface area is 63.9 Å². The lowest BCUT2D eigenvalue weighted by Gasteiger charge is -2.03. The third kappa shape index (κ3) is 1.59. The summed E-state index contributed by atoms with van der Waals surface area (Å²) in [5.74, 6) is 5.06. The molecule has 60 valence electrons. The first kappa shape index (κ1) is 7.81. The predicted octanol–water partition coefficient (Wildman–Crippen LogP) is 1.12. The normalized spacial score (nSPS) is 9.36. The van der Waals surface area contributed by atoms with Crippen molar-refractivity contribution in [3.8, 4) is 5.75 Å². The molecule has 3 nitrogen and oxygen atoms in total. The highest BCUT2D eigenvalue weighted by atomic mass is 19.1. The van der Waals surface area contributed by atoms with Crippen LogP contribution in [0.4, 0.5) is 10.1 Å². The van der Waals surface area contributed by atoms with Gasteiger partial charge >= 0.3 is 0 Å². The molecule has 0 aromatic heterocycles. The largest absolute Gasteiger partial charge is 0.497 e. The molecule has 1 aromatic rings. The van der Waals surface area contributed by atoms with E-state index >= 15 is 0 Å². The average molecular weight is 156 g/mol. The summed E-state index contributed by atoms with van der Waals surface area (Å²) in [7, 11) is 1.48. The number of hydrogen-bond donors (Lipinski definition) is 2. The van der Waals surface area contributed by atoms with E-state index in [1.807, 2.05) is 0 Å². The highest BCUT2D eigenvalue weighted by Gasteiger charge is 2.00. The zero-order valence-electron chi connectivity index (χ0n) is 6.10. The third-order valence-electron chi connectivity index (χ3n) is 1.33. The fourth-order valence-corrected chi connectivity index (χ4v) is 0.740. The molecule has 0 atom stereocenters. The first-order valence-corrected chi connectivity index (χ1v) is 3.08. The van der Waals surface area contributed by atoms with Gasteiger partial charge in [-0.15, -0.1) is 0 Å². The van der Waals surface area contributed by atoms with Crippen LogP contribution in [0.1, 0.15) is 0 Å². The number of nitrogens with two attached hydrogens (primary N) is 1. The van der Waals surface area contributed by atoms with E-state index < -0.39 is 5.82 Å². The monoisotopic (exact) mass is 156 g/mol.